The van der Waals surface area contributed by atoms with Gasteiger partial charge in [0.1, 0.15) is 5.25 Å². The molecule has 1 unspecified atom stereocenters. The standard InChI is InChI=1S/C18H36N2O2S/c1-15(2)9-7-5-6-8-12-19-18(21)17-10-13-20(14-11-17)23(22)16(3)4/h15-17H,5-14H2,1-4H3,(H,19,21). The topological polar surface area (TPSA) is 55.4 Å². The molecule has 0 radical (unpaired) electrons. The first-order chi connectivity index (χ1) is 10.9. The summed E-state index contributed by atoms with van der Waals surface area (Å²) < 4.78 is 14.1. The predicted octanol–water partition coefficient (Wildman–Crippen LogP) is 3.49. The molecule has 1 atom stereocenters. The Kier molecular flexibility index (Phi) is 10.2. The summed E-state index contributed by atoms with van der Waals surface area (Å²) in [4.78, 5) is 12.2. The highest BCUT2D eigenvalue weighted by Crippen LogP contribution is 2.21. The van der Waals surface area contributed by atoms with Crippen LogP contribution in [0.15, 0.2) is 0 Å². The number of unbranched alkanes of at least 4 members (excludes halogenated alkanes) is 3. The third-order valence-electron chi connectivity index (χ3n) is 4.49. The van der Waals surface area contributed by atoms with E-state index in [0.717, 1.165) is 44.8 Å². The fraction of sp³-hybridized carbons (Fsp3) is 0.944. The molecule has 136 valence electrons. The van der Waals surface area contributed by atoms with Gasteiger partial charge in [0.2, 0.25) is 5.91 Å². The Hall–Kier alpha value is -0.260. The Morgan fingerprint density at radius 3 is 2.30 bits per heavy atom. The molecule has 0 saturated carbocycles. The average molecular weight is 345 g/mol. The van der Waals surface area contributed by atoms with Crippen molar-refractivity contribution in [3.8, 4) is 0 Å². The molecule has 1 rings (SSSR count). The Bertz CT molecular complexity index is 329. The molecule has 1 saturated heterocycles. The SMILES string of the molecule is CC(C)CCCCCCNC(=O)C1CCN([S+]([O-])C(C)C)CC1. The van der Waals surface area contributed by atoms with Crippen molar-refractivity contribution < 1.29 is 9.35 Å². The van der Waals surface area contributed by atoms with E-state index in [9.17, 15) is 9.35 Å². The van der Waals surface area contributed by atoms with E-state index in [2.05, 4.69) is 19.2 Å². The molecule has 0 bridgehead atoms. The van der Waals surface area contributed by atoms with Crippen molar-refractivity contribution >= 4 is 17.3 Å². The minimum absolute atomic E-state index is 0.108. The van der Waals surface area contributed by atoms with Crippen molar-refractivity contribution in [1.82, 2.24) is 9.62 Å². The molecule has 4 nitrogen and oxygen atoms in total. The third-order valence-corrected chi connectivity index (χ3v) is 6.17. The number of carbonyl (C=O) groups is 1. The third kappa shape index (κ3) is 8.41. The van der Waals surface area contributed by atoms with Crippen molar-refractivity contribution in [2.45, 2.75) is 77.9 Å². The summed E-state index contributed by atoms with van der Waals surface area (Å²) >= 11 is -0.898. The largest absolute Gasteiger partial charge is 0.598 e. The monoisotopic (exact) mass is 344 g/mol. The van der Waals surface area contributed by atoms with Crippen LogP contribution in [0, 0.1) is 11.8 Å². The molecular formula is C18H36N2O2S. The fourth-order valence-corrected chi connectivity index (χ4v) is 4.15. The second-order valence-electron chi connectivity index (χ2n) is 7.42. The van der Waals surface area contributed by atoms with Gasteiger partial charge in [-0.05, 0) is 39.0 Å². The van der Waals surface area contributed by atoms with Crippen molar-refractivity contribution in [1.29, 1.82) is 0 Å². The molecule has 0 aliphatic carbocycles. The smallest absolute Gasteiger partial charge is 0.223 e. The molecule has 1 N–H and O–H groups in total. The molecule has 1 amide bonds. The molecule has 0 aromatic heterocycles. The number of hydrogen-bond acceptors (Lipinski definition) is 3. The van der Waals surface area contributed by atoms with Gasteiger partial charge in [0.15, 0.2) is 0 Å². The highest BCUT2D eigenvalue weighted by Gasteiger charge is 2.31. The summed E-state index contributed by atoms with van der Waals surface area (Å²) in [5.74, 6) is 1.10. The number of piperidine rings is 1. The van der Waals surface area contributed by atoms with E-state index in [1.165, 1.54) is 25.7 Å². The maximum absolute atomic E-state index is 12.2. The highest BCUT2D eigenvalue weighted by atomic mass is 32.2. The van der Waals surface area contributed by atoms with Gasteiger partial charge in [0, 0.05) is 36.9 Å². The first-order valence-corrected chi connectivity index (χ1v) is 10.5. The second-order valence-corrected chi connectivity index (χ2v) is 9.43. The zero-order valence-corrected chi connectivity index (χ0v) is 16.3. The zero-order chi connectivity index (χ0) is 17.2. The molecule has 1 aliphatic heterocycles. The molecule has 0 aromatic rings. The lowest BCUT2D eigenvalue weighted by molar-refractivity contribution is -0.126. The van der Waals surface area contributed by atoms with Crippen LogP contribution in [0.5, 0.6) is 0 Å². The summed E-state index contributed by atoms with van der Waals surface area (Å²) in [6, 6.07) is 0. The van der Waals surface area contributed by atoms with Gasteiger partial charge in [-0.3, -0.25) is 4.79 Å². The van der Waals surface area contributed by atoms with Gasteiger partial charge in [-0.15, -0.1) is 4.31 Å². The summed E-state index contributed by atoms with van der Waals surface area (Å²) in [5.41, 5.74) is 0. The van der Waals surface area contributed by atoms with Crippen LogP contribution >= 0.6 is 0 Å². The van der Waals surface area contributed by atoms with E-state index < -0.39 is 11.4 Å². The first-order valence-electron chi connectivity index (χ1n) is 9.35. The second kappa shape index (κ2) is 11.3. The number of nitrogens with zero attached hydrogens (tertiary/aromatic N) is 1. The van der Waals surface area contributed by atoms with Gasteiger partial charge >= 0.3 is 0 Å². The minimum atomic E-state index is -0.898. The molecule has 23 heavy (non-hydrogen) atoms. The fourth-order valence-electron chi connectivity index (χ4n) is 2.98. The average Bonchev–Trinajstić information content (AvgIpc) is 2.52. The number of amides is 1. The van der Waals surface area contributed by atoms with Crippen LogP contribution in [0.1, 0.15) is 72.6 Å². The Labute approximate surface area is 146 Å². The number of nitrogens with one attached hydrogen (secondary N) is 1. The summed E-state index contributed by atoms with van der Waals surface area (Å²) in [6.45, 7) is 10.9. The van der Waals surface area contributed by atoms with E-state index in [-0.39, 0.29) is 17.1 Å². The minimum Gasteiger partial charge on any atom is -0.598 e. The molecule has 0 aromatic carbocycles. The molecule has 5 heteroatoms. The Morgan fingerprint density at radius 2 is 1.74 bits per heavy atom. The molecular weight excluding hydrogens is 308 g/mol. The molecule has 1 fully saturated rings. The lowest BCUT2D eigenvalue weighted by Crippen LogP contribution is -2.45. The van der Waals surface area contributed by atoms with Gasteiger partial charge in [-0.25, -0.2) is 0 Å². The van der Waals surface area contributed by atoms with Crippen molar-refractivity contribution in [2.75, 3.05) is 19.6 Å². The normalized spacial score (nSPS) is 18.6. The van der Waals surface area contributed by atoms with Crippen LogP contribution in [0.4, 0.5) is 0 Å². The van der Waals surface area contributed by atoms with Crippen molar-refractivity contribution in [3.63, 3.8) is 0 Å². The van der Waals surface area contributed by atoms with Gasteiger partial charge in [0.25, 0.3) is 0 Å². The van der Waals surface area contributed by atoms with Gasteiger partial charge in [-0.1, -0.05) is 39.5 Å². The summed E-state index contributed by atoms with van der Waals surface area (Å²) in [6.07, 6.45) is 7.84. The van der Waals surface area contributed by atoms with E-state index in [1.807, 2.05) is 18.2 Å². The summed E-state index contributed by atoms with van der Waals surface area (Å²) in [7, 11) is 0. The van der Waals surface area contributed by atoms with Gasteiger partial charge in [-0.2, -0.15) is 0 Å². The maximum atomic E-state index is 12.2. The predicted molar refractivity (Wildman–Crippen MR) is 98.5 cm³/mol. The molecule has 1 aliphatic rings. The van der Waals surface area contributed by atoms with Crippen LogP contribution in [-0.2, 0) is 16.2 Å². The molecule has 0 spiro atoms. The quantitative estimate of drug-likeness (QED) is 0.487. The lowest BCUT2D eigenvalue weighted by atomic mass is 9.97. The molecule has 1 heterocycles. The van der Waals surface area contributed by atoms with Crippen LogP contribution in [0.2, 0.25) is 0 Å². The van der Waals surface area contributed by atoms with Gasteiger partial charge in [0.05, 0.1) is 0 Å². The van der Waals surface area contributed by atoms with E-state index in [0.29, 0.717) is 0 Å². The van der Waals surface area contributed by atoms with Crippen LogP contribution in [0.25, 0.3) is 0 Å². The Morgan fingerprint density at radius 1 is 1.13 bits per heavy atom. The lowest BCUT2D eigenvalue weighted by Gasteiger charge is -2.32. The Balaban J connectivity index is 2.08. The van der Waals surface area contributed by atoms with Crippen LogP contribution < -0.4 is 5.32 Å². The summed E-state index contributed by atoms with van der Waals surface area (Å²) in [5, 5.41) is 3.25. The van der Waals surface area contributed by atoms with Crippen LogP contribution in [0.3, 0.4) is 0 Å². The van der Waals surface area contributed by atoms with Gasteiger partial charge < -0.3 is 9.87 Å². The number of hydrogen-bond donors (Lipinski definition) is 1. The van der Waals surface area contributed by atoms with E-state index >= 15 is 0 Å². The van der Waals surface area contributed by atoms with E-state index in [4.69, 9.17) is 0 Å². The van der Waals surface area contributed by atoms with Crippen LogP contribution in [-0.4, -0.2) is 39.6 Å². The zero-order valence-electron chi connectivity index (χ0n) is 15.5. The highest BCUT2D eigenvalue weighted by molar-refractivity contribution is 7.89. The van der Waals surface area contributed by atoms with Crippen molar-refractivity contribution in [3.05, 3.63) is 0 Å². The van der Waals surface area contributed by atoms with Crippen molar-refractivity contribution in [2.24, 2.45) is 11.8 Å². The number of rotatable bonds is 10. The first kappa shape index (κ1) is 20.8. The maximum Gasteiger partial charge on any atom is 0.223 e. The van der Waals surface area contributed by atoms with E-state index in [1.54, 1.807) is 0 Å². The number of carbonyl (C=O) groups excluding carboxylic acids is 1.